The zero-order chi connectivity index (χ0) is 10.2. The SMILES string of the molecule is CCC(CN)CCNCc1cccs1. The first-order chi connectivity index (χ1) is 6.86. The lowest BCUT2D eigenvalue weighted by Gasteiger charge is -2.11. The molecule has 0 saturated carbocycles. The first kappa shape index (κ1) is 11.7. The summed E-state index contributed by atoms with van der Waals surface area (Å²) < 4.78 is 0. The lowest BCUT2D eigenvalue weighted by atomic mass is 10.0. The molecule has 1 aromatic heterocycles. The second-order valence-corrected chi connectivity index (χ2v) is 4.59. The van der Waals surface area contributed by atoms with Crippen LogP contribution in [0.5, 0.6) is 0 Å². The molecule has 0 saturated heterocycles. The van der Waals surface area contributed by atoms with E-state index in [9.17, 15) is 0 Å². The van der Waals surface area contributed by atoms with E-state index < -0.39 is 0 Å². The van der Waals surface area contributed by atoms with E-state index >= 15 is 0 Å². The highest BCUT2D eigenvalue weighted by Crippen LogP contribution is 2.08. The second-order valence-electron chi connectivity index (χ2n) is 3.55. The standard InChI is InChI=1S/C11H20N2S/c1-2-10(8-12)5-6-13-9-11-4-3-7-14-11/h3-4,7,10,13H,2,5-6,8-9,12H2,1H3. The van der Waals surface area contributed by atoms with Gasteiger partial charge < -0.3 is 11.1 Å². The summed E-state index contributed by atoms with van der Waals surface area (Å²) in [4.78, 5) is 1.41. The molecule has 80 valence electrons. The number of hydrogen-bond acceptors (Lipinski definition) is 3. The molecular weight excluding hydrogens is 192 g/mol. The minimum atomic E-state index is 0.686. The minimum absolute atomic E-state index is 0.686. The molecule has 1 rings (SSSR count). The predicted molar refractivity (Wildman–Crippen MR) is 63.5 cm³/mol. The van der Waals surface area contributed by atoms with Gasteiger partial charge in [-0.05, 0) is 36.9 Å². The van der Waals surface area contributed by atoms with E-state index in [2.05, 4.69) is 29.8 Å². The number of nitrogens with two attached hydrogens (primary N) is 1. The van der Waals surface area contributed by atoms with E-state index in [0.29, 0.717) is 5.92 Å². The van der Waals surface area contributed by atoms with E-state index in [1.807, 2.05) is 0 Å². The van der Waals surface area contributed by atoms with Crippen LogP contribution in [-0.4, -0.2) is 13.1 Å². The van der Waals surface area contributed by atoms with Crippen LogP contribution in [0.15, 0.2) is 17.5 Å². The highest BCUT2D eigenvalue weighted by molar-refractivity contribution is 7.09. The van der Waals surface area contributed by atoms with Crippen molar-refractivity contribution < 1.29 is 0 Å². The molecule has 1 aromatic rings. The number of hydrogen-bond donors (Lipinski definition) is 2. The Kier molecular flexibility index (Phi) is 5.83. The van der Waals surface area contributed by atoms with Gasteiger partial charge >= 0.3 is 0 Å². The maximum atomic E-state index is 5.63. The molecule has 0 aromatic carbocycles. The van der Waals surface area contributed by atoms with Crippen LogP contribution in [0.3, 0.4) is 0 Å². The van der Waals surface area contributed by atoms with Gasteiger partial charge in [-0.3, -0.25) is 0 Å². The lowest BCUT2D eigenvalue weighted by molar-refractivity contribution is 0.461. The number of rotatable bonds is 7. The Balaban J connectivity index is 2.04. The van der Waals surface area contributed by atoms with Gasteiger partial charge in [0.15, 0.2) is 0 Å². The monoisotopic (exact) mass is 212 g/mol. The Bertz CT molecular complexity index is 217. The largest absolute Gasteiger partial charge is 0.330 e. The Morgan fingerprint density at radius 2 is 2.43 bits per heavy atom. The number of nitrogens with one attached hydrogen (secondary N) is 1. The summed E-state index contributed by atoms with van der Waals surface area (Å²) in [7, 11) is 0. The van der Waals surface area contributed by atoms with Crippen LogP contribution in [0, 0.1) is 5.92 Å². The Morgan fingerprint density at radius 1 is 1.57 bits per heavy atom. The third-order valence-corrected chi connectivity index (χ3v) is 3.40. The Hall–Kier alpha value is -0.380. The molecule has 0 aliphatic heterocycles. The summed E-state index contributed by atoms with van der Waals surface area (Å²) in [6.07, 6.45) is 2.38. The van der Waals surface area contributed by atoms with Crippen molar-refractivity contribution in [2.45, 2.75) is 26.3 Å². The van der Waals surface area contributed by atoms with Crippen molar-refractivity contribution in [1.29, 1.82) is 0 Å². The molecule has 0 aliphatic carbocycles. The molecule has 1 unspecified atom stereocenters. The van der Waals surface area contributed by atoms with E-state index in [1.165, 1.54) is 17.7 Å². The van der Waals surface area contributed by atoms with Crippen molar-refractivity contribution in [2.24, 2.45) is 11.7 Å². The summed E-state index contributed by atoms with van der Waals surface area (Å²) in [5.74, 6) is 0.686. The molecule has 0 fully saturated rings. The molecule has 0 bridgehead atoms. The fourth-order valence-corrected chi connectivity index (χ4v) is 2.09. The van der Waals surface area contributed by atoms with Gasteiger partial charge in [0.05, 0.1) is 0 Å². The van der Waals surface area contributed by atoms with Crippen molar-refractivity contribution in [1.82, 2.24) is 5.32 Å². The molecule has 0 amide bonds. The molecule has 0 radical (unpaired) electrons. The minimum Gasteiger partial charge on any atom is -0.330 e. The molecule has 2 nitrogen and oxygen atoms in total. The molecule has 14 heavy (non-hydrogen) atoms. The van der Waals surface area contributed by atoms with Crippen LogP contribution in [0.2, 0.25) is 0 Å². The summed E-state index contributed by atoms with van der Waals surface area (Å²) in [6.45, 7) is 5.10. The summed E-state index contributed by atoms with van der Waals surface area (Å²) in [5.41, 5.74) is 5.63. The van der Waals surface area contributed by atoms with Gasteiger partial charge in [-0.25, -0.2) is 0 Å². The van der Waals surface area contributed by atoms with E-state index in [0.717, 1.165) is 19.6 Å². The van der Waals surface area contributed by atoms with Gasteiger partial charge in [-0.2, -0.15) is 0 Å². The third kappa shape index (κ3) is 4.22. The summed E-state index contributed by atoms with van der Waals surface area (Å²) in [5, 5.41) is 5.56. The van der Waals surface area contributed by atoms with Crippen molar-refractivity contribution in [3.63, 3.8) is 0 Å². The van der Waals surface area contributed by atoms with Crippen molar-refractivity contribution >= 4 is 11.3 Å². The first-order valence-corrected chi connectivity index (χ1v) is 6.18. The molecule has 1 atom stereocenters. The normalized spacial score (nSPS) is 13.0. The molecular formula is C11H20N2S. The maximum Gasteiger partial charge on any atom is 0.0299 e. The van der Waals surface area contributed by atoms with E-state index in [1.54, 1.807) is 11.3 Å². The predicted octanol–water partition coefficient (Wildman–Crippen LogP) is 2.21. The van der Waals surface area contributed by atoms with Gasteiger partial charge in [0.1, 0.15) is 0 Å². The molecule has 1 heterocycles. The van der Waals surface area contributed by atoms with Crippen LogP contribution in [0.25, 0.3) is 0 Å². The Labute approximate surface area is 90.5 Å². The quantitative estimate of drug-likeness (QED) is 0.680. The van der Waals surface area contributed by atoms with Crippen LogP contribution in [0.1, 0.15) is 24.6 Å². The average molecular weight is 212 g/mol. The van der Waals surface area contributed by atoms with Crippen LogP contribution in [0.4, 0.5) is 0 Å². The average Bonchev–Trinajstić information content (AvgIpc) is 2.71. The third-order valence-electron chi connectivity index (χ3n) is 2.52. The lowest BCUT2D eigenvalue weighted by Crippen LogP contribution is -2.21. The van der Waals surface area contributed by atoms with E-state index in [-0.39, 0.29) is 0 Å². The fourth-order valence-electron chi connectivity index (χ4n) is 1.42. The number of thiophene rings is 1. The van der Waals surface area contributed by atoms with Gasteiger partial charge in [-0.1, -0.05) is 19.4 Å². The van der Waals surface area contributed by atoms with Gasteiger partial charge in [0, 0.05) is 11.4 Å². The van der Waals surface area contributed by atoms with Crippen molar-refractivity contribution in [3.8, 4) is 0 Å². The van der Waals surface area contributed by atoms with Gasteiger partial charge in [0.2, 0.25) is 0 Å². The maximum absolute atomic E-state index is 5.63. The molecule has 0 aliphatic rings. The van der Waals surface area contributed by atoms with Crippen molar-refractivity contribution in [3.05, 3.63) is 22.4 Å². The molecule has 3 N–H and O–H groups in total. The topological polar surface area (TPSA) is 38.0 Å². The zero-order valence-corrected chi connectivity index (χ0v) is 9.65. The first-order valence-electron chi connectivity index (χ1n) is 5.30. The highest BCUT2D eigenvalue weighted by atomic mass is 32.1. The summed E-state index contributed by atoms with van der Waals surface area (Å²) >= 11 is 1.81. The van der Waals surface area contributed by atoms with Crippen molar-refractivity contribution in [2.75, 3.05) is 13.1 Å². The zero-order valence-electron chi connectivity index (χ0n) is 8.83. The Morgan fingerprint density at radius 3 is 3.00 bits per heavy atom. The second kappa shape index (κ2) is 6.98. The van der Waals surface area contributed by atoms with Gasteiger partial charge in [0.25, 0.3) is 0 Å². The van der Waals surface area contributed by atoms with Crippen LogP contribution < -0.4 is 11.1 Å². The summed E-state index contributed by atoms with van der Waals surface area (Å²) in [6, 6.07) is 4.26. The van der Waals surface area contributed by atoms with Gasteiger partial charge in [-0.15, -0.1) is 11.3 Å². The molecule has 3 heteroatoms. The van der Waals surface area contributed by atoms with Crippen LogP contribution >= 0.6 is 11.3 Å². The van der Waals surface area contributed by atoms with Crippen LogP contribution in [-0.2, 0) is 6.54 Å². The molecule has 0 spiro atoms. The van der Waals surface area contributed by atoms with E-state index in [4.69, 9.17) is 5.73 Å². The fraction of sp³-hybridized carbons (Fsp3) is 0.636. The smallest absolute Gasteiger partial charge is 0.0299 e. The highest BCUT2D eigenvalue weighted by Gasteiger charge is 2.02.